The number of benzene rings is 1. The van der Waals surface area contributed by atoms with Gasteiger partial charge in [-0.2, -0.15) is 0 Å². The number of anilines is 1. The van der Waals surface area contributed by atoms with Gasteiger partial charge >= 0.3 is 0 Å². The van der Waals surface area contributed by atoms with Gasteiger partial charge in [0.2, 0.25) is 0 Å². The Morgan fingerprint density at radius 1 is 1.16 bits per heavy atom. The first kappa shape index (κ1) is 14.4. The molecule has 0 radical (unpaired) electrons. The summed E-state index contributed by atoms with van der Waals surface area (Å²) >= 11 is 0. The van der Waals surface area contributed by atoms with Gasteiger partial charge in [-0.25, -0.2) is 0 Å². The van der Waals surface area contributed by atoms with E-state index in [0.29, 0.717) is 12.1 Å². The lowest BCUT2D eigenvalue weighted by Crippen LogP contribution is -2.59. The lowest BCUT2D eigenvalue weighted by Gasteiger charge is -2.44. The smallest absolute Gasteiger partial charge is 0.0544 e. The molecular formula is C16H27N3. The van der Waals surface area contributed by atoms with Gasteiger partial charge in [0.05, 0.1) is 6.04 Å². The lowest BCUT2D eigenvalue weighted by molar-refractivity contribution is 0.316. The highest BCUT2D eigenvalue weighted by Gasteiger charge is 2.28. The molecule has 106 valence electrons. The van der Waals surface area contributed by atoms with Crippen molar-refractivity contribution < 1.29 is 0 Å². The van der Waals surface area contributed by atoms with Crippen molar-refractivity contribution in [2.45, 2.75) is 32.9 Å². The van der Waals surface area contributed by atoms with Crippen molar-refractivity contribution in [2.24, 2.45) is 0 Å². The largest absolute Gasteiger partial charge is 0.362 e. The SMILES string of the molecule is Cc1cc(C)cc(N2C(C)CNCC2CN(C)C)c1. The molecule has 1 aliphatic rings. The van der Waals surface area contributed by atoms with Crippen molar-refractivity contribution in [1.82, 2.24) is 10.2 Å². The molecule has 19 heavy (non-hydrogen) atoms. The first-order valence-electron chi connectivity index (χ1n) is 7.19. The van der Waals surface area contributed by atoms with E-state index >= 15 is 0 Å². The van der Waals surface area contributed by atoms with Crippen molar-refractivity contribution in [1.29, 1.82) is 0 Å². The number of likely N-dealkylation sites (N-methyl/N-ethyl adjacent to an activating group) is 1. The van der Waals surface area contributed by atoms with Crippen LogP contribution in [-0.4, -0.2) is 50.7 Å². The number of aryl methyl sites for hydroxylation is 2. The zero-order valence-corrected chi connectivity index (χ0v) is 12.9. The molecule has 0 bridgehead atoms. The quantitative estimate of drug-likeness (QED) is 0.898. The van der Waals surface area contributed by atoms with Crippen LogP contribution in [0, 0.1) is 13.8 Å². The standard InChI is InChI=1S/C16H27N3/c1-12-6-13(2)8-15(7-12)19-14(3)9-17-10-16(19)11-18(4)5/h6-8,14,16-17H,9-11H2,1-5H3. The minimum atomic E-state index is 0.542. The average Bonchev–Trinajstić information content (AvgIpc) is 2.26. The number of rotatable bonds is 3. The molecule has 3 heteroatoms. The summed E-state index contributed by atoms with van der Waals surface area (Å²) in [6, 6.07) is 7.96. The first-order chi connectivity index (χ1) is 8.97. The summed E-state index contributed by atoms with van der Waals surface area (Å²) in [4.78, 5) is 4.87. The Balaban J connectivity index is 2.30. The van der Waals surface area contributed by atoms with Crippen LogP contribution in [-0.2, 0) is 0 Å². The van der Waals surface area contributed by atoms with E-state index in [-0.39, 0.29) is 0 Å². The molecule has 1 aliphatic heterocycles. The van der Waals surface area contributed by atoms with Gasteiger partial charge in [0.15, 0.2) is 0 Å². The van der Waals surface area contributed by atoms with Crippen molar-refractivity contribution >= 4 is 5.69 Å². The molecule has 0 aromatic heterocycles. The highest BCUT2D eigenvalue weighted by atomic mass is 15.3. The molecule has 0 amide bonds. The van der Waals surface area contributed by atoms with Gasteiger partial charge in [-0.1, -0.05) is 6.07 Å². The van der Waals surface area contributed by atoms with Crippen LogP contribution < -0.4 is 10.2 Å². The Morgan fingerprint density at radius 2 is 1.79 bits per heavy atom. The summed E-state index contributed by atoms with van der Waals surface area (Å²) in [6.45, 7) is 9.90. The van der Waals surface area contributed by atoms with Gasteiger partial charge in [0, 0.05) is 31.4 Å². The summed E-state index contributed by atoms with van der Waals surface area (Å²) in [5.41, 5.74) is 4.08. The molecule has 2 atom stereocenters. The normalized spacial score (nSPS) is 24.0. The van der Waals surface area contributed by atoms with E-state index in [1.54, 1.807) is 0 Å². The number of hydrogen-bond donors (Lipinski definition) is 1. The predicted octanol–water partition coefficient (Wildman–Crippen LogP) is 2.03. The van der Waals surface area contributed by atoms with Gasteiger partial charge in [0.1, 0.15) is 0 Å². The second-order valence-electron chi connectivity index (χ2n) is 6.18. The zero-order chi connectivity index (χ0) is 14.0. The molecule has 1 fully saturated rings. The maximum absolute atomic E-state index is 3.55. The number of nitrogens with zero attached hydrogens (tertiary/aromatic N) is 2. The second-order valence-corrected chi connectivity index (χ2v) is 6.18. The monoisotopic (exact) mass is 261 g/mol. The molecule has 0 aliphatic carbocycles. The predicted molar refractivity (Wildman–Crippen MR) is 83.1 cm³/mol. The van der Waals surface area contributed by atoms with E-state index < -0.39 is 0 Å². The molecule has 0 spiro atoms. The topological polar surface area (TPSA) is 18.5 Å². The summed E-state index contributed by atoms with van der Waals surface area (Å²) in [5.74, 6) is 0. The van der Waals surface area contributed by atoms with Crippen LogP contribution in [0.2, 0.25) is 0 Å². The van der Waals surface area contributed by atoms with Crippen LogP contribution in [0.1, 0.15) is 18.1 Å². The summed E-state index contributed by atoms with van der Waals surface area (Å²) < 4.78 is 0. The Morgan fingerprint density at radius 3 is 2.37 bits per heavy atom. The Hall–Kier alpha value is -1.06. The van der Waals surface area contributed by atoms with Crippen LogP contribution in [0.25, 0.3) is 0 Å². The Kier molecular flexibility index (Phi) is 4.48. The molecule has 1 saturated heterocycles. The highest BCUT2D eigenvalue weighted by Crippen LogP contribution is 2.25. The van der Waals surface area contributed by atoms with Crippen LogP contribution in [0.15, 0.2) is 18.2 Å². The minimum Gasteiger partial charge on any atom is -0.362 e. The second kappa shape index (κ2) is 5.93. The summed E-state index contributed by atoms with van der Waals surface area (Å²) in [7, 11) is 4.30. The van der Waals surface area contributed by atoms with Crippen LogP contribution >= 0.6 is 0 Å². The maximum Gasteiger partial charge on any atom is 0.0544 e. The summed E-state index contributed by atoms with van der Waals surface area (Å²) in [6.07, 6.45) is 0. The van der Waals surface area contributed by atoms with E-state index in [2.05, 4.69) is 68.2 Å². The lowest BCUT2D eigenvalue weighted by atomic mass is 10.0. The molecule has 2 rings (SSSR count). The number of hydrogen-bond acceptors (Lipinski definition) is 3. The molecule has 0 saturated carbocycles. The average molecular weight is 261 g/mol. The maximum atomic E-state index is 3.55. The first-order valence-corrected chi connectivity index (χ1v) is 7.19. The van der Waals surface area contributed by atoms with E-state index in [1.165, 1.54) is 16.8 Å². The Labute approximate surface area is 117 Å². The fourth-order valence-electron chi connectivity index (χ4n) is 3.15. The zero-order valence-electron chi connectivity index (χ0n) is 12.9. The van der Waals surface area contributed by atoms with E-state index in [4.69, 9.17) is 0 Å². The molecular weight excluding hydrogens is 234 g/mol. The third kappa shape index (κ3) is 3.48. The third-order valence-corrected chi connectivity index (χ3v) is 3.77. The van der Waals surface area contributed by atoms with Gasteiger partial charge in [-0.05, 0) is 58.1 Å². The third-order valence-electron chi connectivity index (χ3n) is 3.77. The van der Waals surface area contributed by atoms with Crippen molar-refractivity contribution in [2.75, 3.05) is 38.6 Å². The van der Waals surface area contributed by atoms with Crippen molar-refractivity contribution in [3.05, 3.63) is 29.3 Å². The molecule has 1 aromatic carbocycles. The van der Waals surface area contributed by atoms with Crippen LogP contribution in [0.3, 0.4) is 0 Å². The molecule has 2 unspecified atom stereocenters. The fraction of sp³-hybridized carbons (Fsp3) is 0.625. The van der Waals surface area contributed by atoms with Gasteiger partial charge < -0.3 is 15.1 Å². The molecule has 3 nitrogen and oxygen atoms in total. The molecule has 1 aromatic rings. The van der Waals surface area contributed by atoms with E-state index in [9.17, 15) is 0 Å². The highest BCUT2D eigenvalue weighted by molar-refractivity contribution is 5.53. The van der Waals surface area contributed by atoms with Crippen LogP contribution in [0.5, 0.6) is 0 Å². The molecule has 1 N–H and O–H groups in total. The van der Waals surface area contributed by atoms with E-state index in [1.807, 2.05) is 0 Å². The minimum absolute atomic E-state index is 0.542. The van der Waals surface area contributed by atoms with Gasteiger partial charge in [-0.3, -0.25) is 0 Å². The fourth-order valence-corrected chi connectivity index (χ4v) is 3.15. The van der Waals surface area contributed by atoms with Crippen molar-refractivity contribution in [3.63, 3.8) is 0 Å². The van der Waals surface area contributed by atoms with E-state index in [0.717, 1.165) is 19.6 Å². The summed E-state index contributed by atoms with van der Waals surface area (Å²) in [5, 5.41) is 3.55. The van der Waals surface area contributed by atoms with Crippen molar-refractivity contribution in [3.8, 4) is 0 Å². The van der Waals surface area contributed by atoms with Gasteiger partial charge in [0.25, 0.3) is 0 Å². The Bertz CT molecular complexity index is 408. The number of piperazine rings is 1. The van der Waals surface area contributed by atoms with Gasteiger partial charge in [-0.15, -0.1) is 0 Å². The number of nitrogens with one attached hydrogen (secondary N) is 1. The van der Waals surface area contributed by atoms with Crippen LogP contribution in [0.4, 0.5) is 5.69 Å². The molecule has 1 heterocycles.